The van der Waals surface area contributed by atoms with Crippen LogP contribution in [0.3, 0.4) is 0 Å². The Morgan fingerprint density at radius 2 is 1.93 bits per heavy atom. The Labute approximate surface area is 170 Å². The van der Waals surface area contributed by atoms with Gasteiger partial charge in [0.25, 0.3) is 0 Å². The van der Waals surface area contributed by atoms with E-state index in [9.17, 15) is 5.11 Å². The predicted molar refractivity (Wildman–Crippen MR) is 115 cm³/mol. The second-order valence-electron chi connectivity index (χ2n) is 6.70. The average Bonchev–Trinajstić information content (AvgIpc) is 3.15. The number of nitrogens with zero attached hydrogens (tertiary/aromatic N) is 2. The van der Waals surface area contributed by atoms with Crippen molar-refractivity contribution in [2.24, 2.45) is 0 Å². The molecule has 2 heterocycles. The number of aliphatic hydroxyl groups is 1. The van der Waals surface area contributed by atoms with Gasteiger partial charge in [-0.05, 0) is 36.6 Å². The van der Waals surface area contributed by atoms with Crippen LogP contribution in [0.5, 0.6) is 0 Å². The number of hydrogen-bond donors (Lipinski definition) is 2. The van der Waals surface area contributed by atoms with E-state index in [4.69, 9.17) is 16.6 Å². The second-order valence-corrected chi connectivity index (χ2v) is 7.13. The largest absolute Gasteiger partial charge is 0.394 e. The van der Waals surface area contributed by atoms with E-state index in [1.54, 1.807) is 0 Å². The van der Waals surface area contributed by atoms with Crippen molar-refractivity contribution in [1.29, 1.82) is 0 Å². The Morgan fingerprint density at radius 1 is 1.15 bits per heavy atom. The smallest absolute Gasteiger partial charge is 0.129 e. The van der Waals surface area contributed by atoms with E-state index in [1.807, 2.05) is 42.5 Å². The molecule has 1 unspecified atom stereocenters. The van der Waals surface area contributed by atoms with Gasteiger partial charge < -0.3 is 15.3 Å². The first kappa shape index (κ1) is 19.7. The number of hydrogen-bond acceptors (Lipinski definition) is 4. The summed E-state index contributed by atoms with van der Waals surface area (Å²) in [6.07, 6.45) is 2.14. The molecule has 1 fully saturated rings. The summed E-state index contributed by atoms with van der Waals surface area (Å²) in [5.41, 5.74) is 3.26. The number of fused-ring (bicyclic) bond motifs is 1. The third kappa shape index (κ3) is 4.29. The lowest BCUT2D eigenvalue weighted by Crippen LogP contribution is -2.32. The maximum absolute atomic E-state index is 9.73. The van der Waals surface area contributed by atoms with Crippen molar-refractivity contribution in [1.82, 2.24) is 4.98 Å². The fraction of sp³-hybridized carbons (Fsp3) is 0.286. The van der Waals surface area contributed by atoms with Gasteiger partial charge in [-0.3, -0.25) is 0 Å². The van der Waals surface area contributed by atoms with Crippen molar-refractivity contribution < 1.29 is 5.11 Å². The molecule has 2 N–H and O–H groups in total. The van der Waals surface area contributed by atoms with Gasteiger partial charge in [-0.15, -0.1) is 12.4 Å². The van der Waals surface area contributed by atoms with Crippen LogP contribution in [0.2, 0.25) is 5.02 Å². The number of benzene rings is 2. The topological polar surface area (TPSA) is 48.4 Å². The Hall–Kier alpha value is -2.01. The number of nitrogens with one attached hydrogen (secondary N) is 1. The number of aromatic nitrogens is 1. The van der Waals surface area contributed by atoms with E-state index in [-0.39, 0.29) is 25.1 Å². The van der Waals surface area contributed by atoms with Crippen LogP contribution in [-0.4, -0.2) is 29.3 Å². The van der Waals surface area contributed by atoms with Crippen molar-refractivity contribution in [2.45, 2.75) is 25.4 Å². The highest BCUT2D eigenvalue weighted by atomic mass is 35.5. The van der Waals surface area contributed by atoms with Gasteiger partial charge in [0.05, 0.1) is 23.9 Å². The van der Waals surface area contributed by atoms with E-state index < -0.39 is 0 Å². The number of pyridine rings is 1. The summed E-state index contributed by atoms with van der Waals surface area (Å²) < 4.78 is 0. The van der Waals surface area contributed by atoms with Gasteiger partial charge in [0.1, 0.15) is 5.82 Å². The molecular formula is C21H23Cl2N3O. The first-order valence-corrected chi connectivity index (χ1v) is 9.38. The Balaban J connectivity index is 0.00000210. The number of rotatable bonds is 5. The number of anilines is 2. The minimum absolute atomic E-state index is 0. The third-order valence-electron chi connectivity index (χ3n) is 4.98. The quantitative estimate of drug-likeness (QED) is 0.636. The molecule has 4 rings (SSSR count). The van der Waals surface area contributed by atoms with Crippen molar-refractivity contribution in [3.8, 4) is 0 Å². The normalized spacial score (nSPS) is 16.4. The zero-order valence-corrected chi connectivity index (χ0v) is 16.5. The van der Waals surface area contributed by atoms with Crippen LogP contribution in [0.4, 0.5) is 11.5 Å². The van der Waals surface area contributed by atoms with Gasteiger partial charge in [-0.1, -0.05) is 41.9 Å². The fourth-order valence-corrected chi connectivity index (χ4v) is 3.75. The van der Waals surface area contributed by atoms with Gasteiger partial charge in [-0.25, -0.2) is 4.98 Å². The summed E-state index contributed by atoms with van der Waals surface area (Å²) >= 11 is 5.96. The van der Waals surface area contributed by atoms with Gasteiger partial charge in [-0.2, -0.15) is 0 Å². The summed E-state index contributed by atoms with van der Waals surface area (Å²) in [4.78, 5) is 7.08. The van der Waals surface area contributed by atoms with Crippen LogP contribution >= 0.6 is 24.0 Å². The molecular weight excluding hydrogens is 381 g/mol. The minimum atomic E-state index is 0. The summed E-state index contributed by atoms with van der Waals surface area (Å²) in [7, 11) is 0. The van der Waals surface area contributed by atoms with Crippen molar-refractivity contribution in [2.75, 3.05) is 23.4 Å². The Kier molecular flexibility index (Phi) is 6.42. The molecule has 0 radical (unpaired) electrons. The molecule has 6 heteroatoms. The zero-order valence-electron chi connectivity index (χ0n) is 14.9. The lowest BCUT2D eigenvalue weighted by Gasteiger charge is -2.27. The highest BCUT2D eigenvalue weighted by molar-refractivity contribution is 6.30. The molecule has 27 heavy (non-hydrogen) atoms. The molecule has 0 saturated carbocycles. The van der Waals surface area contributed by atoms with Gasteiger partial charge in [0.15, 0.2) is 0 Å². The summed E-state index contributed by atoms with van der Waals surface area (Å²) in [6.45, 7) is 1.84. The Morgan fingerprint density at radius 3 is 2.70 bits per heavy atom. The monoisotopic (exact) mass is 403 g/mol. The van der Waals surface area contributed by atoms with E-state index in [2.05, 4.69) is 22.3 Å². The Bertz CT molecular complexity index is 902. The molecule has 142 valence electrons. The molecule has 1 saturated heterocycles. The lowest BCUT2D eigenvalue weighted by molar-refractivity contribution is 0.266. The number of para-hydroxylation sites is 1. The van der Waals surface area contributed by atoms with Gasteiger partial charge in [0.2, 0.25) is 0 Å². The molecule has 1 aliphatic heterocycles. The molecule has 2 aromatic carbocycles. The molecule has 0 spiro atoms. The minimum Gasteiger partial charge on any atom is -0.394 e. The molecule has 1 atom stereocenters. The summed E-state index contributed by atoms with van der Waals surface area (Å²) in [5, 5.41) is 15.0. The molecule has 1 aromatic heterocycles. The molecule has 1 aliphatic rings. The van der Waals surface area contributed by atoms with Crippen molar-refractivity contribution in [3.05, 3.63) is 65.2 Å². The van der Waals surface area contributed by atoms with E-state index in [0.717, 1.165) is 52.4 Å². The number of halogens is 2. The predicted octanol–water partition coefficient (Wildman–Crippen LogP) is 4.88. The molecule has 3 aromatic rings. The number of aliphatic hydroxyl groups excluding tert-OH is 1. The first-order chi connectivity index (χ1) is 12.7. The third-order valence-corrected chi connectivity index (χ3v) is 5.23. The van der Waals surface area contributed by atoms with Crippen LogP contribution in [-0.2, 0) is 6.54 Å². The molecule has 0 aliphatic carbocycles. The maximum Gasteiger partial charge on any atom is 0.129 e. The summed E-state index contributed by atoms with van der Waals surface area (Å²) in [6, 6.07) is 18.3. The molecule has 0 bridgehead atoms. The SMILES string of the molecule is Cl.OCC1CCCN1c1cc(NCc2ccc(Cl)cc2)nc2ccccc12. The van der Waals surface area contributed by atoms with Crippen molar-refractivity contribution in [3.63, 3.8) is 0 Å². The van der Waals surface area contributed by atoms with Crippen LogP contribution in [0.15, 0.2) is 54.6 Å². The molecule has 4 nitrogen and oxygen atoms in total. The van der Waals surface area contributed by atoms with Crippen LogP contribution in [0.1, 0.15) is 18.4 Å². The zero-order chi connectivity index (χ0) is 17.9. The van der Waals surface area contributed by atoms with E-state index in [1.165, 1.54) is 0 Å². The van der Waals surface area contributed by atoms with Crippen LogP contribution in [0, 0.1) is 0 Å². The first-order valence-electron chi connectivity index (χ1n) is 9.00. The lowest BCUT2D eigenvalue weighted by atomic mass is 10.1. The van der Waals surface area contributed by atoms with Crippen LogP contribution < -0.4 is 10.2 Å². The average molecular weight is 404 g/mol. The highest BCUT2D eigenvalue weighted by Gasteiger charge is 2.25. The standard InChI is InChI=1S/C21H22ClN3O.ClH/c22-16-9-7-15(8-10-16)13-23-21-12-20(25-11-3-4-17(25)14-26)18-5-1-2-6-19(18)24-21;/h1-2,5-10,12,17,26H,3-4,11,13-14H2,(H,23,24);1H. The van der Waals surface area contributed by atoms with Gasteiger partial charge >= 0.3 is 0 Å². The van der Waals surface area contributed by atoms with Gasteiger partial charge in [0, 0.05) is 29.6 Å². The second kappa shape index (κ2) is 8.79. The van der Waals surface area contributed by atoms with E-state index in [0.29, 0.717) is 6.54 Å². The van der Waals surface area contributed by atoms with Crippen molar-refractivity contribution >= 4 is 46.4 Å². The maximum atomic E-state index is 9.73. The highest BCUT2D eigenvalue weighted by Crippen LogP contribution is 2.33. The van der Waals surface area contributed by atoms with Crippen LogP contribution in [0.25, 0.3) is 10.9 Å². The van der Waals surface area contributed by atoms with E-state index >= 15 is 0 Å². The summed E-state index contributed by atoms with van der Waals surface area (Å²) in [5.74, 6) is 0.845. The molecule has 0 amide bonds. The fourth-order valence-electron chi connectivity index (χ4n) is 3.62.